The Balaban J connectivity index is 1.79. The first-order valence-electron chi connectivity index (χ1n) is 6.64. The van der Waals surface area contributed by atoms with Crippen LogP contribution in [-0.4, -0.2) is 5.91 Å². The summed E-state index contributed by atoms with van der Waals surface area (Å²) in [6, 6.07) is 13.7. The smallest absolute Gasteiger partial charge is 0.228 e. The lowest BCUT2D eigenvalue weighted by Gasteiger charge is -2.05. The third kappa shape index (κ3) is 3.26. The fourth-order valence-corrected chi connectivity index (χ4v) is 2.82. The summed E-state index contributed by atoms with van der Waals surface area (Å²) in [5.74, 6) is -0.0405. The Morgan fingerprint density at radius 2 is 2.10 bits per heavy atom. The van der Waals surface area contributed by atoms with Gasteiger partial charge in [0, 0.05) is 20.2 Å². The fraction of sp³-hybridized carbons (Fsp3) is 0.118. The molecule has 2 aromatic carbocycles. The number of carbonyl (C=O) groups excluding carboxylic acids is 1. The van der Waals surface area contributed by atoms with Gasteiger partial charge in [0.1, 0.15) is 5.58 Å². The topological polar surface area (TPSA) is 42.2 Å². The van der Waals surface area contributed by atoms with Gasteiger partial charge in [0.25, 0.3) is 0 Å². The molecule has 0 atom stereocenters. The predicted molar refractivity (Wildman–Crippen MR) is 92.4 cm³/mol. The lowest BCUT2D eigenvalue weighted by atomic mass is 10.1. The normalized spacial score (nSPS) is 10.8. The van der Waals surface area contributed by atoms with E-state index >= 15 is 0 Å². The molecule has 4 heteroatoms. The van der Waals surface area contributed by atoms with Crippen LogP contribution in [0.5, 0.6) is 0 Å². The predicted octanol–water partition coefficient (Wildman–Crippen LogP) is 4.53. The van der Waals surface area contributed by atoms with Gasteiger partial charge in [0.15, 0.2) is 0 Å². The van der Waals surface area contributed by atoms with E-state index in [0.717, 1.165) is 31.4 Å². The number of anilines is 1. The highest BCUT2D eigenvalue weighted by molar-refractivity contribution is 14.1. The van der Waals surface area contributed by atoms with Crippen LogP contribution >= 0.6 is 22.6 Å². The number of fused-ring (bicyclic) bond motifs is 1. The van der Waals surface area contributed by atoms with Crippen molar-refractivity contribution in [3.8, 4) is 0 Å². The molecule has 0 radical (unpaired) electrons. The number of nitrogens with one attached hydrogen (secondary N) is 1. The number of rotatable bonds is 3. The molecule has 21 heavy (non-hydrogen) atoms. The number of amides is 1. The lowest BCUT2D eigenvalue weighted by molar-refractivity contribution is -0.115. The largest absolute Gasteiger partial charge is 0.464 e. The molecule has 1 amide bonds. The maximum atomic E-state index is 12.2. The second kappa shape index (κ2) is 5.89. The van der Waals surface area contributed by atoms with Gasteiger partial charge in [-0.25, -0.2) is 0 Å². The molecular formula is C17H14INO2. The van der Waals surface area contributed by atoms with E-state index in [9.17, 15) is 4.79 Å². The summed E-state index contributed by atoms with van der Waals surface area (Å²) in [6.07, 6.45) is 1.97. The zero-order chi connectivity index (χ0) is 14.8. The summed E-state index contributed by atoms with van der Waals surface area (Å²) >= 11 is 2.22. The summed E-state index contributed by atoms with van der Waals surface area (Å²) in [4.78, 5) is 12.2. The summed E-state index contributed by atoms with van der Waals surface area (Å²) in [7, 11) is 0. The van der Waals surface area contributed by atoms with Crippen molar-refractivity contribution in [2.45, 2.75) is 13.3 Å². The van der Waals surface area contributed by atoms with Crippen molar-refractivity contribution >= 4 is 45.2 Å². The van der Waals surface area contributed by atoms with Gasteiger partial charge in [-0.2, -0.15) is 0 Å². The Kier molecular flexibility index (Phi) is 3.96. The minimum absolute atomic E-state index is 0.0405. The average molecular weight is 391 g/mol. The van der Waals surface area contributed by atoms with Crippen molar-refractivity contribution in [1.82, 2.24) is 0 Å². The molecule has 106 valence electrons. The van der Waals surface area contributed by atoms with Crippen LogP contribution in [0.1, 0.15) is 11.1 Å². The van der Waals surface area contributed by atoms with Crippen LogP contribution in [0.25, 0.3) is 11.0 Å². The second-order valence-corrected chi connectivity index (χ2v) is 6.24. The zero-order valence-corrected chi connectivity index (χ0v) is 13.7. The van der Waals surface area contributed by atoms with Crippen LogP contribution in [0.2, 0.25) is 0 Å². The minimum atomic E-state index is -0.0405. The van der Waals surface area contributed by atoms with E-state index in [1.54, 1.807) is 6.26 Å². The van der Waals surface area contributed by atoms with Gasteiger partial charge in [-0.15, -0.1) is 0 Å². The molecule has 0 aliphatic heterocycles. The number of halogens is 1. The van der Waals surface area contributed by atoms with Gasteiger partial charge in [-0.3, -0.25) is 4.79 Å². The Morgan fingerprint density at radius 1 is 1.24 bits per heavy atom. The van der Waals surface area contributed by atoms with E-state index in [4.69, 9.17) is 4.42 Å². The quantitative estimate of drug-likeness (QED) is 0.667. The molecule has 1 heterocycles. The summed E-state index contributed by atoms with van der Waals surface area (Å²) in [5, 5.41) is 3.92. The summed E-state index contributed by atoms with van der Waals surface area (Å²) in [5.41, 5.74) is 3.70. The molecule has 0 saturated carbocycles. The van der Waals surface area contributed by atoms with E-state index in [1.807, 2.05) is 49.4 Å². The van der Waals surface area contributed by atoms with Crippen LogP contribution in [0.15, 0.2) is 53.1 Å². The SMILES string of the molecule is Cc1ccc2occ(CC(=O)Nc3cccc(I)c3)c2c1. The van der Waals surface area contributed by atoms with Crippen LogP contribution in [0.3, 0.4) is 0 Å². The number of aryl methyl sites for hydroxylation is 1. The van der Waals surface area contributed by atoms with Gasteiger partial charge in [-0.05, 0) is 59.8 Å². The third-order valence-corrected chi connectivity index (χ3v) is 3.94. The number of carbonyl (C=O) groups is 1. The van der Waals surface area contributed by atoms with Crippen LogP contribution in [0.4, 0.5) is 5.69 Å². The second-order valence-electron chi connectivity index (χ2n) is 5.00. The molecule has 0 unspecified atom stereocenters. The molecule has 0 aliphatic carbocycles. The first-order valence-corrected chi connectivity index (χ1v) is 7.72. The number of benzene rings is 2. The van der Waals surface area contributed by atoms with Gasteiger partial charge in [0.2, 0.25) is 5.91 Å². The summed E-state index contributed by atoms with van der Waals surface area (Å²) < 4.78 is 6.59. The maximum absolute atomic E-state index is 12.2. The molecule has 1 aromatic heterocycles. The Morgan fingerprint density at radius 3 is 2.90 bits per heavy atom. The highest BCUT2D eigenvalue weighted by Crippen LogP contribution is 2.23. The van der Waals surface area contributed by atoms with Crippen molar-refractivity contribution in [3.63, 3.8) is 0 Å². The number of hydrogen-bond donors (Lipinski definition) is 1. The van der Waals surface area contributed by atoms with Gasteiger partial charge >= 0.3 is 0 Å². The monoisotopic (exact) mass is 391 g/mol. The van der Waals surface area contributed by atoms with E-state index in [-0.39, 0.29) is 5.91 Å². The fourth-order valence-electron chi connectivity index (χ4n) is 2.28. The molecule has 3 rings (SSSR count). The average Bonchev–Trinajstić information content (AvgIpc) is 2.81. The van der Waals surface area contributed by atoms with E-state index < -0.39 is 0 Å². The van der Waals surface area contributed by atoms with Crippen LogP contribution in [-0.2, 0) is 11.2 Å². The molecule has 0 saturated heterocycles. The van der Waals surface area contributed by atoms with Crippen molar-refractivity contribution in [3.05, 3.63) is 63.4 Å². The Hall–Kier alpha value is -1.82. The van der Waals surface area contributed by atoms with Gasteiger partial charge < -0.3 is 9.73 Å². The number of furan rings is 1. The van der Waals surface area contributed by atoms with Crippen molar-refractivity contribution < 1.29 is 9.21 Å². The number of hydrogen-bond acceptors (Lipinski definition) is 2. The van der Waals surface area contributed by atoms with Crippen molar-refractivity contribution in [1.29, 1.82) is 0 Å². The standard InChI is InChI=1S/C17H14INO2/c1-11-5-6-16-15(7-11)12(10-21-16)8-17(20)19-14-4-2-3-13(18)9-14/h2-7,9-10H,8H2,1H3,(H,19,20). The van der Waals surface area contributed by atoms with Gasteiger partial charge in [-0.1, -0.05) is 17.7 Å². The first kappa shape index (κ1) is 14.1. The highest BCUT2D eigenvalue weighted by atomic mass is 127. The lowest BCUT2D eigenvalue weighted by Crippen LogP contribution is -2.14. The molecular weight excluding hydrogens is 377 g/mol. The molecule has 0 fully saturated rings. The van der Waals surface area contributed by atoms with Crippen molar-refractivity contribution in [2.24, 2.45) is 0 Å². The van der Waals surface area contributed by atoms with Crippen LogP contribution < -0.4 is 5.32 Å². The molecule has 3 nitrogen and oxygen atoms in total. The Labute approximate surface area is 136 Å². The molecule has 3 aromatic rings. The van der Waals surface area contributed by atoms with Crippen molar-refractivity contribution in [2.75, 3.05) is 5.32 Å². The minimum Gasteiger partial charge on any atom is -0.464 e. The van der Waals surface area contributed by atoms with E-state index in [0.29, 0.717) is 6.42 Å². The van der Waals surface area contributed by atoms with Crippen LogP contribution in [0, 0.1) is 10.5 Å². The maximum Gasteiger partial charge on any atom is 0.228 e. The molecule has 0 bridgehead atoms. The summed E-state index contributed by atoms with van der Waals surface area (Å²) in [6.45, 7) is 2.03. The van der Waals surface area contributed by atoms with E-state index in [2.05, 4.69) is 27.9 Å². The van der Waals surface area contributed by atoms with Gasteiger partial charge in [0.05, 0.1) is 12.7 Å². The first-order chi connectivity index (χ1) is 10.1. The zero-order valence-electron chi connectivity index (χ0n) is 11.5. The molecule has 0 spiro atoms. The molecule has 1 N–H and O–H groups in total. The van der Waals surface area contributed by atoms with E-state index in [1.165, 1.54) is 0 Å². The highest BCUT2D eigenvalue weighted by Gasteiger charge is 2.11. The Bertz CT molecular complexity index is 807. The third-order valence-electron chi connectivity index (χ3n) is 3.27. The molecule has 0 aliphatic rings.